The number of rotatable bonds is 42. The molecule has 0 fully saturated rings. The van der Waals surface area contributed by atoms with Gasteiger partial charge in [0.15, 0.2) is 0 Å². The number of alkyl halides is 1. The van der Waals surface area contributed by atoms with E-state index in [1.54, 1.807) is 7.05 Å². The van der Waals surface area contributed by atoms with Crippen LogP contribution < -0.4 is 0 Å². The largest absolute Gasteiger partial charge is 0.444 e. The summed E-state index contributed by atoms with van der Waals surface area (Å²) in [6, 6.07) is 0. The van der Waals surface area contributed by atoms with E-state index in [9.17, 15) is 4.79 Å². The third-order valence-electron chi connectivity index (χ3n) is 6.54. The quantitative estimate of drug-likeness (QED) is 0.0495. The summed E-state index contributed by atoms with van der Waals surface area (Å²) in [7, 11) is 1.68. The van der Waals surface area contributed by atoms with Crippen molar-refractivity contribution in [1.82, 2.24) is 4.90 Å². The van der Waals surface area contributed by atoms with E-state index in [1.807, 2.05) is 20.8 Å². The van der Waals surface area contributed by atoms with Crippen molar-refractivity contribution in [2.75, 3.05) is 177 Å². The molecule has 0 saturated carbocycles. The Balaban J connectivity index is 3.13. The fourth-order valence-corrected chi connectivity index (χ4v) is 4.35. The minimum atomic E-state index is -0.510. The maximum Gasteiger partial charge on any atom is 0.410 e. The Hall–Kier alpha value is -0.480. The molecule has 0 aromatic carbocycles. The van der Waals surface area contributed by atoms with E-state index in [1.165, 1.54) is 28.6 Å². The maximum atomic E-state index is 11.9. The Morgan fingerprint density at radius 1 is 0.404 bits per heavy atom. The molecule has 0 aliphatic carbocycles. The van der Waals surface area contributed by atoms with Crippen molar-refractivity contribution in [1.29, 1.82) is 0 Å². The van der Waals surface area contributed by atoms with E-state index in [0.717, 1.165) is 13.0 Å². The van der Waals surface area contributed by atoms with Crippen molar-refractivity contribution < 1.29 is 66.4 Å². The molecule has 0 atom stereocenters. The summed E-state index contributed by atoms with van der Waals surface area (Å²) in [6.45, 7) is 18.5. The maximum absolute atomic E-state index is 11.9. The van der Waals surface area contributed by atoms with Gasteiger partial charge in [0.2, 0.25) is 0 Å². The fraction of sp³-hybridized carbons (Fsp3) is 0.972. The Morgan fingerprint density at radius 3 is 0.923 bits per heavy atom. The molecule has 0 aromatic heterocycles. The number of likely N-dealkylation sites (N-methyl/N-ethyl adjacent to an activating group) is 1. The number of carbonyl (C=O) groups excluding carboxylic acids is 1. The zero-order valence-electron chi connectivity index (χ0n) is 32.8. The Labute approximate surface area is 327 Å². The highest BCUT2D eigenvalue weighted by Crippen LogP contribution is 2.08. The summed E-state index contributed by atoms with van der Waals surface area (Å²) in [6.07, 6.45) is 4.60. The van der Waals surface area contributed by atoms with Crippen LogP contribution in [0.15, 0.2) is 0 Å². The second kappa shape index (κ2) is 41.7. The number of halogens is 1. The Morgan fingerprint density at radius 2 is 0.654 bits per heavy atom. The highest BCUT2D eigenvalue weighted by Gasteiger charge is 2.19. The van der Waals surface area contributed by atoms with Gasteiger partial charge in [-0.3, -0.25) is 0 Å². The molecule has 0 aliphatic rings. The summed E-state index contributed by atoms with van der Waals surface area (Å²) in [5.41, 5.74) is -0.510. The third kappa shape index (κ3) is 43.9. The molecule has 312 valence electrons. The average molecular weight is 870 g/mol. The molecule has 0 saturated heterocycles. The lowest BCUT2D eigenvalue weighted by Crippen LogP contribution is -2.36. The van der Waals surface area contributed by atoms with Crippen molar-refractivity contribution in [3.05, 3.63) is 0 Å². The van der Waals surface area contributed by atoms with Crippen LogP contribution in [0.1, 0.15) is 46.5 Å². The highest BCUT2D eigenvalue weighted by atomic mass is 127. The molecule has 0 radical (unpaired) electrons. The number of ether oxygens (including phenoxy) is 13. The smallest absolute Gasteiger partial charge is 0.410 e. The molecule has 0 bridgehead atoms. The van der Waals surface area contributed by atoms with Gasteiger partial charge in [-0.05, 0) is 38.0 Å². The SMILES string of the molecule is CN(CCOCCOCCOCCOCCOCCOCCOCCOCCOCCOCCOCCOCCCCCCI)C(=O)OC(C)(C)C. The number of amides is 1. The molecule has 0 N–H and O–H groups in total. The minimum absolute atomic E-state index is 0.364. The van der Waals surface area contributed by atoms with Gasteiger partial charge in [0, 0.05) is 20.2 Å². The highest BCUT2D eigenvalue weighted by molar-refractivity contribution is 14.1. The summed E-state index contributed by atoms with van der Waals surface area (Å²) >= 11 is 2.42. The number of carbonyl (C=O) groups is 1. The van der Waals surface area contributed by atoms with Crippen LogP contribution in [-0.2, 0) is 61.6 Å². The van der Waals surface area contributed by atoms with Gasteiger partial charge in [-0.25, -0.2) is 4.79 Å². The van der Waals surface area contributed by atoms with E-state index in [2.05, 4.69) is 22.6 Å². The van der Waals surface area contributed by atoms with Gasteiger partial charge in [0.25, 0.3) is 0 Å². The van der Waals surface area contributed by atoms with E-state index in [-0.39, 0.29) is 6.09 Å². The monoisotopic (exact) mass is 869 g/mol. The predicted octanol–water partition coefficient (Wildman–Crippen LogP) is 4.05. The zero-order valence-corrected chi connectivity index (χ0v) is 34.9. The summed E-state index contributed by atoms with van der Waals surface area (Å²) in [5.74, 6) is 0. The number of hydrogen-bond donors (Lipinski definition) is 0. The number of hydrogen-bond acceptors (Lipinski definition) is 14. The van der Waals surface area contributed by atoms with Crippen molar-refractivity contribution in [2.24, 2.45) is 0 Å². The van der Waals surface area contributed by atoms with E-state index >= 15 is 0 Å². The van der Waals surface area contributed by atoms with Crippen LogP contribution >= 0.6 is 22.6 Å². The lowest BCUT2D eigenvalue weighted by Gasteiger charge is -2.24. The van der Waals surface area contributed by atoms with E-state index in [0.29, 0.717) is 159 Å². The van der Waals surface area contributed by atoms with E-state index in [4.69, 9.17) is 61.6 Å². The molecule has 0 rings (SSSR count). The lowest BCUT2D eigenvalue weighted by atomic mass is 10.2. The van der Waals surface area contributed by atoms with Crippen LogP contribution in [0.25, 0.3) is 0 Å². The third-order valence-corrected chi connectivity index (χ3v) is 7.30. The van der Waals surface area contributed by atoms with Gasteiger partial charge in [-0.1, -0.05) is 35.4 Å². The molecule has 52 heavy (non-hydrogen) atoms. The van der Waals surface area contributed by atoms with Crippen LogP contribution in [0.5, 0.6) is 0 Å². The molecular weight excluding hydrogens is 797 g/mol. The standard InChI is InChI=1S/C36H72INO14/c1-36(2,3)52-35(39)38(4)10-12-41-14-16-43-18-20-45-22-24-47-26-28-49-30-32-51-34-33-50-31-29-48-27-25-46-23-21-44-19-17-42-15-13-40-11-8-6-5-7-9-37/h5-34H2,1-4H3. The number of unbranched alkanes of at least 4 members (excludes halogenated alkanes) is 3. The minimum Gasteiger partial charge on any atom is -0.444 e. The van der Waals surface area contributed by atoms with Gasteiger partial charge >= 0.3 is 6.09 Å². The van der Waals surface area contributed by atoms with Gasteiger partial charge in [-0.15, -0.1) is 0 Å². The molecule has 0 aliphatic heterocycles. The van der Waals surface area contributed by atoms with Crippen molar-refractivity contribution >= 4 is 28.7 Å². The molecule has 0 aromatic rings. The predicted molar refractivity (Wildman–Crippen MR) is 206 cm³/mol. The topological polar surface area (TPSA) is 140 Å². The summed E-state index contributed by atoms with van der Waals surface area (Å²) in [4.78, 5) is 13.4. The molecule has 1 amide bonds. The fourth-order valence-electron chi connectivity index (χ4n) is 3.81. The Bertz CT molecular complexity index is 723. The van der Waals surface area contributed by atoms with Crippen molar-refractivity contribution in [3.8, 4) is 0 Å². The first-order valence-electron chi connectivity index (χ1n) is 18.8. The molecule has 0 spiro atoms. The first-order chi connectivity index (χ1) is 25.4. The molecule has 0 heterocycles. The first-order valence-corrected chi connectivity index (χ1v) is 20.3. The van der Waals surface area contributed by atoms with Crippen LogP contribution in [-0.4, -0.2) is 193 Å². The van der Waals surface area contributed by atoms with Gasteiger partial charge in [0.1, 0.15) is 5.60 Å². The average Bonchev–Trinajstić information content (AvgIpc) is 3.11. The van der Waals surface area contributed by atoms with Gasteiger partial charge < -0.3 is 66.5 Å². The van der Waals surface area contributed by atoms with Gasteiger partial charge in [0.05, 0.1) is 152 Å². The van der Waals surface area contributed by atoms with Crippen LogP contribution in [0.2, 0.25) is 0 Å². The molecule has 16 heteroatoms. The van der Waals surface area contributed by atoms with Crippen molar-refractivity contribution in [3.63, 3.8) is 0 Å². The Kier molecular flexibility index (Phi) is 41.3. The zero-order chi connectivity index (χ0) is 38.1. The summed E-state index contributed by atoms with van der Waals surface area (Å²) in [5, 5.41) is 0. The van der Waals surface area contributed by atoms with E-state index < -0.39 is 5.60 Å². The van der Waals surface area contributed by atoms with Crippen LogP contribution in [0.3, 0.4) is 0 Å². The normalized spacial score (nSPS) is 11.8. The summed E-state index contributed by atoms with van der Waals surface area (Å²) < 4.78 is 72.5. The van der Waals surface area contributed by atoms with Crippen molar-refractivity contribution in [2.45, 2.75) is 52.1 Å². The van der Waals surface area contributed by atoms with Gasteiger partial charge in [-0.2, -0.15) is 0 Å². The number of nitrogens with zero attached hydrogens (tertiary/aromatic N) is 1. The van der Waals surface area contributed by atoms with Crippen LogP contribution in [0.4, 0.5) is 4.79 Å². The lowest BCUT2D eigenvalue weighted by molar-refractivity contribution is -0.0285. The molecular formula is C36H72INO14. The first kappa shape index (κ1) is 51.5. The second-order valence-electron chi connectivity index (χ2n) is 12.4. The molecule has 0 unspecified atom stereocenters. The van der Waals surface area contributed by atoms with Crippen LogP contribution in [0, 0.1) is 0 Å². The second-order valence-corrected chi connectivity index (χ2v) is 13.4. The molecule has 15 nitrogen and oxygen atoms in total.